The van der Waals surface area contributed by atoms with E-state index in [0.717, 1.165) is 34.2 Å². The summed E-state index contributed by atoms with van der Waals surface area (Å²) in [6, 6.07) is 19.5. The molecule has 150 valence electrons. The standard InChI is InChI=1S/C24H25ClN2O2/c1-27-18-9-12-22(27)24(20(13-18)15-3-7-17(25)8-4-15)23-14-21(26-29-23)16-5-10-19(28-2)11-6-16/h3-8,10-11,14,18,20,22,24H,9,12-13H2,1-2H3/t18-,20+,22+,24-/m0/s1. The van der Waals surface area contributed by atoms with Gasteiger partial charge < -0.3 is 9.26 Å². The van der Waals surface area contributed by atoms with Crippen LogP contribution in [-0.2, 0) is 0 Å². The van der Waals surface area contributed by atoms with Gasteiger partial charge in [-0.2, -0.15) is 0 Å². The van der Waals surface area contributed by atoms with E-state index >= 15 is 0 Å². The first-order valence-corrected chi connectivity index (χ1v) is 10.6. The van der Waals surface area contributed by atoms with Crippen LogP contribution in [0, 0.1) is 0 Å². The van der Waals surface area contributed by atoms with Gasteiger partial charge in [0.15, 0.2) is 0 Å². The lowest BCUT2D eigenvalue weighted by molar-refractivity contribution is 0.122. The van der Waals surface area contributed by atoms with E-state index in [9.17, 15) is 0 Å². The van der Waals surface area contributed by atoms with Crippen LogP contribution in [0.2, 0.25) is 5.02 Å². The van der Waals surface area contributed by atoms with Gasteiger partial charge in [-0.3, -0.25) is 4.90 Å². The summed E-state index contributed by atoms with van der Waals surface area (Å²) < 4.78 is 11.2. The van der Waals surface area contributed by atoms with Crippen molar-refractivity contribution < 1.29 is 9.26 Å². The number of ether oxygens (including phenoxy) is 1. The molecule has 2 aliphatic heterocycles. The molecule has 0 saturated carbocycles. The highest BCUT2D eigenvalue weighted by Gasteiger charge is 2.48. The first-order chi connectivity index (χ1) is 14.1. The average Bonchev–Trinajstić information content (AvgIpc) is 3.31. The van der Waals surface area contributed by atoms with Crippen molar-refractivity contribution in [1.29, 1.82) is 0 Å². The molecule has 5 rings (SSSR count). The predicted octanol–water partition coefficient (Wildman–Crippen LogP) is 5.74. The van der Waals surface area contributed by atoms with Crippen molar-refractivity contribution >= 4 is 11.6 Å². The summed E-state index contributed by atoms with van der Waals surface area (Å²) in [6.45, 7) is 0. The van der Waals surface area contributed by atoms with Crippen molar-refractivity contribution in [2.75, 3.05) is 14.2 Å². The topological polar surface area (TPSA) is 38.5 Å². The molecular formula is C24H25ClN2O2. The number of halogens is 1. The molecule has 0 amide bonds. The smallest absolute Gasteiger partial charge is 0.142 e. The van der Waals surface area contributed by atoms with E-state index in [0.29, 0.717) is 23.9 Å². The Morgan fingerprint density at radius 2 is 1.83 bits per heavy atom. The van der Waals surface area contributed by atoms with E-state index in [2.05, 4.69) is 35.3 Å². The van der Waals surface area contributed by atoms with E-state index in [4.69, 9.17) is 20.9 Å². The molecule has 1 aromatic heterocycles. The van der Waals surface area contributed by atoms with Crippen LogP contribution in [0.15, 0.2) is 59.1 Å². The van der Waals surface area contributed by atoms with Gasteiger partial charge in [-0.15, -0.1) is 0 Å². The third-order valence-corrected chi connectivity index (χ3v) is 7.06. The first kappa shape index (κ1) is 18.7. The summed E-state index contributed by atoms with van der Waals surface area (Å²) in [4.78, 5) is 2.55. The number of nitrogens with zero attached hydrogens (tertiary/aromatic N) is 2. The van der Waals surface area contributed by atoms with Gasteiger partial charge in [-0.05, 0) is 74.2 Å². The van der Waals surface area contributed by atoms with E-state index in [1.165, 1.54) is 18.4 Å². The molecule has 2 bridgehead atoms. The molecule has 2 fully saturated rings. The normalized spacial score (nSPS) is 26.6. The first-order valence-electron chi connectivity index (χ1n) is 10.2. The molecule has 0 N–H and O–H groups in total. The maximum Gasteiger partial charge on any atom is 0.142 e. The van der Waals surface area contributed by atoms with Gasteiger partial charge in [0.1, 0.15) is 17.2 Å². The largest absolute Gasteiger partial charge is 0.497 e. The zero-order valence-electron chi connectivity index (χ0n) is 16.7. The second-order valence-electron chi connectivity index (χ2n) is 8.23. The summed E-state index contributed by atoms with van der Waals surface area (Å²) in [5.74, 6) is 2.52. The number of aromatic nitrogens is 1. The van der Waals surface area contributed by atoms with Gasteiger partial charge in [0.05, 0.1) is 7.11 Å². The Morgan fingerprint density at radius 3 is 2.55 bits per heavy atom. The van der Waals surface area contributed by atoms with E-state index in [1.54, 1.807) is 7.11 Å². The minimum Gasteiger partial charge on any atom is -0.497 e. The lowest BCUT2D eigenvalue weighted by Crippen LogP contribution is -2.44. The van der Waals surface area contributed by atoms with Crippen molar-refractivity contribution in [1.82, 2.24) is 10.1 Å². The maximum atomic E-state index is 6.14. The van der Waals surface area contributed by atoms with Crippen molar-refractivity contribution in [2.24, 2.45) is 0 Å². The van der Waals surface area contributed by atoms with E-state index in [-0.39, 0.29) is 0 Å². The molecule has 5 heteroatoms. The molecule has 0 radical (unpaired) electrons. The molecule has 3 aromatic rings. The fourth-order valence-electron chi connectivity index (χ4n) is 5.25. The van der Waals surface area contributed by atoms with E-state index in [1.807, 2.05) is 36.4 Å². The molecule has 2 saturated heterocycles. The molecule has 4 atom stereocenters. The zero-order valence-corrected chi connectivity index (χ0v) is 17.5. The van der Waals surface area contributed by atoms with Crippen molar-refractivity contribution in [3.05, 3.63) is 70.9 Å². The van der Waals surface area contributed by atoms with Gasteiger partial charge in [0.2, 0.25) is 0 Å². The van der Waals surface area contributed by atoms with E-state index < -0.39 is 0 Å². The average molecular weight is 409 g/mol. The Hall–Kier alpha value is -2.30. The lowest BCUT2D eigenvalue weighted by Gasteiger charge is -2.42. The van der Waals surface area contributed by atoms with Gasteiger partial charge in [-0.1, -0.05) is 28.9 Å². The van der Waals surface area contributed by atoms with Crippen LogP contribution >= 0.6 is 11.6 Å². The number of methoxy groups -OCH3 is 1. The summed E-state index contributed by atoms with van der Waals surface area (Å²) in [6.07, 6.45) is 3.59. The Bertz CT molecular complexity index is 983. The second kappa shape index (κ2) is 7.51. The Morgan fingerprint density at radius 1 is 1.07 bits per heavy atom. The second-order valence-corrected chi connectivity index (χ2v) is 8.66. The molecule has 2 aromatic carbocycles. The SMILES string of the molecule is COc1ccc(-c2cc([C@H]3[C@@H](c4ccc(Cl)cc4)C[C@@H]4CC[C@H]3N4C)on2)cc1. The Labute approximate surface area is 176 Å². The summed E-state index contributed by atoms with van der Waals surface area (Å²) >= 11 is 6.14. The van der Waals surface area contributed by atoms with Crippen LogP contribution in [0.25, 0.3) is 11.3 Å². The fourth-order valence-corrected chi connectivity index (χ4v) is 5.38. The van der Waals surface area contributed by atoms with Gasteiger partial charge >= 0.3 is 0 Å². The van der Waals surface area contributed by atoms with Crippen LogP contribution in [0.5, 0.6) is 5.75 Å². The summed E-state index contributed by atoms with van der Waals surface area (Å²) in [5, 5.41) is 5.19. The van der Waals surface area contributed by atoms with Gasteiger partial charge in [-0.25, -0.2) is 0 Å². The van der Waals surface area contributed by atoms with Crippen LogP contribution in [-0.4, -0.2) is 36.3 Å². The zero-order chi connectivity index (χ0) is 20.0. The molecular weight excluding hydrogens is 384 g/mol. The number of benzene rings is 2. The Balaban J connectivity index is 1.50. The minimum absolute atomic E-state index is 0.291. The minimum atomic E-state index is 0.291. The van der Waals surface area contributed by atoms with Crippen LogP contribution in [0.3, 0.4) is 0 Å². The van der Waals surface area contributed by atoms with Crippen LogP contribution in [0.1, 0.15) is 42.4 Å². The fraction of sp³-hybridized carbons (Fsp3) is 0.375. The molecule has 2 aliphatic rings. The summed E-state index contributed by atoms with van der Waals surface area (Å²) in [5.41, 5.74) is 3.25. The summed E-state index contributed by atoms with van der Waals surface area (Å²) in [7, 11) is 3.93. The third kappa shape index (κ3) is 3.34. The van der Waals surface area contributed by atoms with Crippen molar-refractivity contribution in [2.45, 2.75) is 43.2 Å². The molecule has 29 heavy (non-hydrogen) atoms. The molecule has 0 spiro atoms. The van der Waals surface area contributed by atoms with Crippen LogP contribution < -0.4 is 4.74 Å². The monoisotopic (exact) mass is 408 g/mol. The van der Waals surface area contributed by atoms with Crippen LogP contribution in [0.4, 0.5) is 0 Å². The number of piperidine rings is 1. The third-order valence-electron chi connectivity index (χ3n) is 6.81. The number of fused-ring (bicyclic) bond motifs is 2. The highest BCUT2D eigenvalue weighted by Crippen LogP contribution is 2.51. The lowest BCUT2D eigenvalue weighted by atomic mass is 9.75. The highest BCUT2D eigenvalue weighted by molar-refractivity contribution is 6.30. The highest BCUT2D eigenvalue weighted by atomic mass is 35.5. The molecule has 0 aliphatic carbocycles. The van der Waals surface area contributed by atoms with Crippen molar-refractivity contribution in [3.63, 3.8) is 0 Å². The number of hydrogen-bond acceptors (Lipinski definition) is 4. The Kier molecular flexibility index (Phi) is 4.84. The molecule has 4 nitrogen and oxygen atoms in total. The van der Waals surface area contributed by atoms with Crippen molar-refractivity contribution in [3.8, 4) is 17.0 Å². The van der Waals surface area contributed by atoms with Gasteiger partial charge in [0.25, 0.3) is 0 Å². The quantitative estimate of drug-likeness (QED) is 0.552. The number of likely N-dealkylation sites (N-methyl/N-ethyl adjacent to an activating group) is 1. The number of hydrogen-bond donors (Lipinski definition) is 0. The molecule has 3 heterocycles. The predicted molar refractivity (Wildman–Crippen MR) is 115 cm³/mol. The maximum absolute atomic E-state index is 6.14. The molecule has 0 unspecified atom stereocenters. The number of rotatable bonds is 4. The van der Waals surface area contributed by atoms with Gasteiger partial charge in [0, 0.05) is 34.7 Å².